The topological polar surface area (TPSA) is 76.8 Å². The summed E-state index contributed by atoms with van der Waals surface area (Å²) in [6.45, 7) is -0.166. The Kier molecular flexibility index (Phi) is 5.60. The largest absolute Gasteiger partial charge is 0.482 e. The van der Waals surface area contributed by atoms with Gasteiger partial charge in [-0.05, 0) is 36.4 Å². The molecule has 0 aliphatic carbocycles. The Hall–Kier alpha value is -1.96. The van der Waals surface area contributed by atoms with Crippen LogP contribution in [0.1, 0.15) is 5.76 Å². The highest BCUT2D eigenvalue weighted by Gasteiger charge is 2.31. The number of hydrogen-bond acceptors (Lipinski definition) is 5. The highest BCUT2D eigenvalue weighted by molar-refractivity contribution is 7.94. The van der Waals surface area contributed by atoms with Gasteiger partial charge in [0.25, 0.3) is 5.91 Å². The zero-order chi connectivity index (χ0) is 18.7. The van der Waals surface area contributed by atoms with Crippen LogP contribution in [0.3, 0.4) is 0 Å². The number of benzene rings is 1. The molecule has 1 aliphatic heterocycles. The van der Waals surface area contributed by atoms with E-state index in [0.29, 0.717) is 16.5 Å². The van der Waals surface area contributed by atoms with Crippen molar-refractivity contribution in [3.8, 4) is 5.75 Å². The predicted molar refractivity (Wildman–Crippen MR) is 97.9 cm³/mol. The summed E-state index contributed by atoms with van der Waals surface area (Å²) in [5.74, 6) is 0.304. The fourth-order valence-corrected chi connectivity index (χ4v) is 4.29. The number of furan rings is 1. The molecule has 0 radical (unpaired) electrons. The predicted octanol–water partition coefficient (Wildman–Crippen LogP) is 3.30. The lowest BCUT2D eigenvalue weighted by Crippen LogP contribution is -2.42. The second-order valence-electron chi connectivity index (χ2n) is 5.69. The third kappa shape index (κ3) is 4.60. The molecule has 26 heavy (non-hydrogen) atoms. The maximum absolute atomic E-state index is 12.7. The van der Waals surface area contributed by atoms with E-state index >= 15 is 0 Å². The van der Waals surface area contributed by atoms with Crippen molar-refractivity contribution in [2.24, 2.45) is 0 Å². The summed E-state index contributed by atoms with van der Waals surface area (Å²) in [7, 11) is -3.31. The zero-order valence-corrected chi connectivity index (χ0v) is 15.8. The molecule has 1 aromatic heterocycles. The molecular formula is C17H15Cl2NO5S. The first-order chi connectivity index (χ1) is 12.3. The fourth-order valence-electron chi connectivity index (χ4n) is 2.53. The average Bonchev–Trinajstić information content (AvgIpc) is 3.20. The third-order valence-electron chi connectivity index (χ3n) is 3.78. The summed E-state index contributed by atoms with van der Waals surface area (Å²) in [6.07, 6.45) is 2.98. The molecule has 0 spiro atoms. The standard InChI is InChI=1S/C17H15Cl2NO5S/c18-12-3-4-16(15(19)8-12)25-10-17(21)20(9-14-2-1-6-24-14)13-5-7-26(22,23)11-13/h1-8,13H,9-11H2. The van der Waals surface area contributed by atoms with Gasteiger partial charge in [0.05, 0.1) is 29.6 Å². The van der Waals surface area contributed by atoms with Gasteiger partial charge >= 0.3 is 0 Å². The van der Waals surface area contributed by atoms with Crippen LogP contribution >= 0.6 is 23.2 Å². The minimum Gasteiger partial charge on any atom is -0.482 e. The second-order valence-corrected chi connectivity index (χ2v) is 8.46. The van der Waals surface area contributed by atoms with E-state index in [0.717, 1.165) is 5.41 Å². The van der Waals surface area contributed by atoms with E-state index in [1.807, 2.05) is 0 Å². The maximum atomic E-state index is 12.7. The minimum atomic E-state index is -3.31. The lowest BCUT2D eigenvalue weighted by atomic mass is 10.2. The first kappa shape index (κ1) is 18.8. The number of carbonyl (C=O) groups excluding carboxylic acids is 1. The average molecular weight is 416 g/mol. The van der Waals surface area contributed by atoms with Gasteiger partial charge in [-0.25, -0.2) is 8.42 Å². The number of ether oxygens (including phenoxy) is 1. The SMILES string of the molecule is O=C(COc1ccc(Cl)cc1Cl)N(Cc1ccco1)C1C=CS(=O)(=O)C1. The van der Waals surface area contributed by atoms with E-state index in [2.05, 4.69) is 0 Å². The molecule has 1 unspecified atom stereocenters. The molecule has 0 saturated heterocycles. The molecule has 0 saturated carbocycles. The summed E-state index contributed by atoms with van der Waals surface area (Å²) >= 11 is 11.9. The minimum absolute atomic E-state index is 0.133. The van der Waals surface area contributed by atoms with E-state index in [9.17, 15) is 13.2 Å². The number of amides is 1. The molecule has 2 heterocycles. The normalized spacial score (nSPS) is 18.0. The third-order valence-corrected chi connectivity index (χ3v) is 5.69. The van der Waals surface area contributed by atoms with E-state index < -0.39 is 15.9 Å². The first-order valence-electron chi connectivity index (χ1n) is 7.65. The first-order valence-corrected chi connectivity index (χ1v) is 10.1. The van der Waals surface area contributed by atoms with Crippen molar-refractivity contribution in [1.82, 2.24) is 4.90 Å². The molecule has 138 valence electrons. The van der Waals surface area contributed by atoms with Gasteiger partial charge in [0.2, 0.25) is 0 Å². The van der Waals surface area contributed by atoms with Gasteiger partial charge in [-0.3, -0.25) is 4.79 Å². The Balaban J connectivity index is 1.73. The molecule has 1 aliphatic rings. The molecule has 1 atom stereocenters. The van der Waals surface area contributed by atoms with Gasteiger partial charge < -0.3 is 14.1 Å². The van der Waals surface area contributed by atoms with Crippen molar-refractivity contribution in [3.05, 3.63) is 63.9 Å². The molecule has 9 heteroatoms. The van der Waals surface area contributed by atoms with Gasteiger partial charge in [-0.15, -0.1) is 0 Å². The van der Waals surface area contributed by atoms with Gasteiger partial charge in [-0.1, -0.05) is 23.2 Å². The van der Waals surface area contributed by atoms with Crippen LogP contribution in [0.2, 0.25) is 10.0 Å². The molecule has 1 aromatic carbocycles. The number of rotatable bonds is 6. The molecule has 0 N–H and O–H groups in total. The van der Waals surface area contributed by atoms with Crippen LogP contribution < -0.4 is 4.74 Å². The van der Waals surface area contributed by atoms with Crippen molar-refractivity contribution < 1.29 is 22.4 Å². The van der Waals surface area contributed by atoms with Crippen LogP contribution in [0.15, 0.2) is 52.5 Å². The van der Waals surface area contributed by atoms with Crippen LogP contribution in [0.4, 0.5) is 0 Å². The summed E-state index contributed by atoms with van der Waals surface area (Å²) in [5.41, 5.74) is 0. The Bertz CT molecular complexity index is 925. The molecule has 1 amide bonds. The summed E-state index contributed by atoms with van der Waals surface area (Å²) < 4.78 is 34.2. The number of carbonyl (C=O) groups is 1. The number of hydrogen-bond donors (Lipinski definition) is 0. The maximum Gasteiger partial charge on any atom is 0.261 e. The van der Waals surface area contributed by atoms with Crippen molar-refractivity contribution >= 4 is 38.9 Å². The summed E-state index contributed by atoms with van der Waals surface area (Å²) in [6, 6.07) is 7.50. The van der Waals surface area contributed by atoms with Gasteiger partial charge in [0.15, 0.2) is 16.4 Å². The molecule has 0 fully saturated rings. The zero-order valence-electron chi connectivity index (χ0n) is 13.5. The van der Waals surface area contributed by atoms with Gasteiger partial charge in [0.1, 0.15) is 11.5 Å². The van der Waals surface area contributed by atoms with Crippen molar-refractivity contribution in [2.75, 3.05) is 12.4 Å². The molecular weight excluding hydrogens is 401 g/mol. The smallest absolute Gasteiger partial charge is 0.261 e. The van der Waals surface area contributed by atoms with Crippen LogP contribution in [0.5, 0.6) is 5.75 Å². The van der Waals surface area contributed by atoms with Crippen LogP contribution in [0.25, 0.3) is 0 Å². The van der Waals surface area contributed by atoms with E-state index in [1.165, 1.54) is 23.3 Å². The number of nitrogens with zero attached hydrogens (tertiary/aromatic N) is 1. The fraction of sp³-hybridized carbons (Fsp3) is 0.235. The quantitative estimate of drug-likeness (QED) is 0.722. The lowest BCUT2D eigenvalue weighted by molar-refractivity contribution is -0.135. The Morgan fingerprint density at radius 2 is 2.12 bits per heavy atom. The second kappa shape index (κ2) is 7.73. The number of halogens is 2. The van der Waals surface area contributed by atoms with Crippen LogP contribution in [0, 0.1) is 0 Å². The lowest BCUT2D eigenvalue weighted by Gasteiger charge is -2.26. The molecule has 3 rings (SSSR count). The highest BCUT2D eigenvalue weighted by atomic mass is 35.5. The number of sulfone groups is 1. The van der Waals surface area contributed by atoms with Gasteiger partial charge in [0, 0.05) is 10.4 Å². The van der Waals surface area contributed by atoms with E-state index in [1.54, 1.807) is 24.3 Å². The molecule has 0 bridgehead atoms. The molecule has 2 aromatic rings. The van der Waals surface area contributed by atoms with Crippen LogP contribution in [-0.2, 0) is 21.2 Å². The highest BCUT2D eigenvalue weighted by Crippen LogP contribution is 2.27. The van der Waals surface area contributed by atoms with Crippen LogP contribution in [-0.4, -0.2) is 37.6 Å². The molecule has 6 nitrogen and oxygen atoms in total. The summed E-state index contributed by atoms with van der Waals surface area (Å²) in [5, 5.41) is 1.86. The monoisotopic (exact) mass is 415 g/mol. The Labute approximate surface area is 160 Å². The van der Waals surface area contributed by atoms with Gasteiger partial charge in [-0.2, -0.15) is 0 Å². The summed E-state index contributed by atoms with van der Waals surface area (Å²) in [4.78, 5) is 14.1. The Morgan fingerprint density at radius 3 is 2.73 bits per heavy atom. The van der Waals surface area contributed by atoms with Crippen molar-refractivity contribution in [3.63, 3.8) is 0 Å². The Morgan fingerprint density at radius 1 is 1.31 bits per heavy atom. The van der Waals surface area contributed by atoms with Crippen molar-refractivity contribution in [2.45, 2.75) is 12.6 Å². The van der Waals surface area contributed by atoms with E-state index in [4.69, 9.17) is 32.4 Å². The van der Waals surface area contributed by atoms with E-state index in [-0.39, 0.29) is 29.8 Å². The van der Waals surface area contributed by atoms with Crippen molar-refractivity contribution in [1.29, 1.82) is 0 Å².